The molecule has 0 saturated carbocycles. The van der Waals surface area contributed by atoms with Crippen molar-refractivity contribution in [1.82, 2.24) is 4.90 Å². The Kier molecular flexibility index (Phi) is 3.05. The van der Waals surface area contributed by atoms with Gasteiger partial charge in [-0.1, -0.05) is 0 Å². The number of rotatable bonds is 1. The molecule has 12 heavy (non-hydrogen) atoms. The van der Waals surface area contributed by atoms with Crippen molar-refractivity contribution in [3.05, 3.63) is 0 Å². The number of nitrogens with zero attached hydrogens (tertiary/aromatic N) is 1. The van der Waals surface area contributed by atoms with Crippen molar-refractivity contribution in [2.24, 2.45) is 5.73 Å². The SMILES string of the molecule is C[C@H](N)C(=O)N1CCOC[C@@H]1C. The lowest BCUT2D eigenvalue weighted by Gasteiger charge is -2.34. The van der Waals surface area contributed by atoms with Crippen molar-refractivity contribution in [3.8, 4) is 0 Å². The van der Waals surface area contributed by atoms with Crippen LogP contribution in [0.3, 0.4) is 0 Å². The van der Waals surface area contributed by atoms with E-state index in [0.29, 0.717) is 19.8 Å². The first-order valence-corrected chi connectivity index (χ1v) is 4.26. The standard InChI is InChI=1S/C8H16N2O2/c1-6-5-12-4-3-10(6)8(11)7(2)9/h6-7H,3-5,9H2,1-2H3/t6-,7-/m0/s1. The van der Waals surface area contributed by atoms with E-state index in [9.17, 15) is 4.79 Å². The fourth-order valence-electron chi connectivity index (χ4n) is 1.32. The van der Waals surface area contributed by atoms with Crippen molar-refractivity contribution in [2.75, 3.05) is 19.8 Å². The first-order valence-electron chi connectivity index (χ1n) is 4.26. The van der Waals surface area contributed by atoms with Crippen molar-refractivity contribution in [2.45, 2.75) is 25.9 Å². The van der Waals surface area contributed by atoms with E-state index in [1.807, 2.05) is 6.92 Å². The van der Waals surface area contributed by atoms with Crippen molar-refractivity contribution < 1.29 is 9.53 Å². The summed E-state index contributed by atoms with van der Waals surface area (Å²) >= 11 is 0. The second-order valence-corrected chi connectivity index (χ2v) is 3.24. The van der Waals surface area contributed by atoms with Gasteiger partial charge in [-0.25, -0.2) is 0 Å². The van der Waals surface area contributed by atoms with Gasteiger partial charge in [0.25, 0.3) is 0 Å². The summed E-state index contributed by atoms with van der Waals surface area (Å²) in [7, 11) is 0. The Morgan fingerprint density at radius 3 is 2.92 bits per heavy atom. The Morgan fingerprint density at radius 2 is 2.42 bits per heavy atom. The highest BCUT2D eigenvalue weighted by Crippen LogP contribution is 2.07. The second-order valence-electron chi connectivity index (χ2n) is 3.24. The third-order valence-corrected chi connectivity index (χ3v) is 2.04. The van der Waals surface area contributed by atoms with Crippen molar-refractivity contribution in [1.29, 1.82) is 0 Å². The molecule has 4 nitrogen and oxygen atoms in total. The van der Waals surface area contributed by atoms with Gasteiger partial charge in [0.05, 0.1) is 25.3 Å². The van der Waals surface area contributed by atoms with E-state index in [1.165, 1.54) is 0 Å². The van der Waals surface area contributed by atoms with Gasteiger partial charge in [-0.3, -0.25) is 4.79 Å². The molecule has 1 aliphatic heterocycles. The molecule has 1 saturated heterocycles. The molecule has 0 aromatic rings. The summed E-state index contributed by atoms with van der Waals surface area (Å²) in [6.07, 6.45) is 0. The van der Waals surface area contributed by atoms with E-state index in [2.05, 4.69) is 0 Å². The zero-order valence-electron chi connectivity index (χ0n) is 7.62. The van der Waals surface area contributed by atoms with Crippen molar-refractivity contribution in [3.63, 3.8) is 0 Å². The van der Waals surface area contributed by atoms with Crippen LogP contribution >= 0.6 is 0 Å². The minimum atomic E-state index is -0.398. The molecule has 1 rings (SSSR count). The fourth-order valence-corrected chi connectivity index (χ4v) is 1.32. The van der Waals surface area contributed by atoms with Gasteiger partial charge in [-0.15, -0.1) is 0 Å². The number of morpholine rings is 1. The summed E-state index contributed by atoms with van der Waals surface area (Å²) < 4.78 is 5.21. The molecule has 0 bridgehead atoms. The molecule has 0 spiro atoms. The molecule has 1 fully saturated rings. The van der Waals surface area contributed by atoms with E-state index in [4.69, 9.17) is 10.5 Å². The third-order valence-electron chi connectivity index (χ3n) is 2.04. The van der Waals surface area contributed by atoms with Crippen LogP contribution in [0.2, 0.25) is 0 Å². The monoisotopic (exact) mass is 172 g/mol. The normalized spacial score (nSPS) is 26.9. The van der Waals surface area contributed by atoms with E-state index in [0.717, 1.165) is 0 Å². The van der Waals surface area contributed by atoms with E-state index in [-0.39, 0.29) is 11.9 Å². The zero-order valence-corrected chi connectivity index (χ0v) is 7.62. The Bertz CT molecular complexity index is 170. The lowest BCUT2D eigenvalue weighted by Crippen LogP contribution is -2.52. The van der Waals surface area contributed by atoms with Crippen LogP contribution in [0, 0.1) is 0 Å². The van der Waals surface area contributed by atoms with Gasteiger partial charge in [0.2, 0.25) is 5.91 Å². The predicted octanol–water partition coefficient (Wildman–Crippen LogP) is -0.419. The summed E-state index contributed by atoms with van der Waals surface area (Å²) in [6, 6.07) is -0.234. The molecule has 0 radical (unpaired) electrons. The van der Waals surface area contributed by atoms with Crippen LogP contribution in [0.4, 0.5) is 0 Å². The number of ether oxygens (including phenoxy) is 1. The van der Waals surface area contributed by atoms with Crippen molar-refractivity contribution >= 4 is 5.91 Å². The van der Waals surface area contributed by atoms with E-state index >= 15 is 0 Å². The number of hydrogen-bond acceptors (Lipinski definition) is 3. The molecule has 1 amide bonds. The minimum absolute atomic E-state index is 0.0193. The Hall–Kier alpha value is -0.610. The predicted molar refractivity (Wildman–Crippen MR) is 45.6 cm³/mol. The van der Waals surface area contributed by atoms with Gasteiger partial charge in [0.15, 0.2) is 0 Å². The molecule has 1 heterocycles. The van der Waals surface area contributed by atoms with Gasteiger partial charge in [0.1, 0.15) is 0 Å². The molecular formula is C8H16N2O2. The quantitative estimate of drug-likeness (QED) is 0.584. The topological polar surface area (TPSA) is 55.6 Å². The molecular weight excluding hydrogens is 156 g/mol. The number of nitrogens with two attached hydrogens (primary N) is 1. The minimum Gasteiger partial charge on any atom is -0.377 e. The molecule has 0 aliphatic carbocycles. The average Bonchev–Trinajstić information content (AvgIpc) is 2.04. The van der Waals surface area contributed by atoms with E-state index in [1.54, 1.807) is 11.8 Å². The van der Waals surface area contributed by atoms with Crippen LogP contribution in [0.25, 0.3) is 0 Å². The highest BCUT2D eigenvalue weighted by molar-refractivity contribution is 5.81. The Labute approximate surface area is 72.7 Å². The number of carbonyl (C=O) groups excluding carboxylic acids is 1. The van der Waals surface area contributed by atoms with Crippen LogP contribution < -0.4 is 5.73 Å². The summed E-state index contributed by atoms with van der Waals surface area (Å²) in [4.78, 5) is 13.2. The van der Waals surface area contributed by atoms with Gasteiger partial charge >= 0.3 is 0 Å². The zero-order chi connectivity index (χ0) is 9.14. The van der Waals surface area contributed by atoms with Crippen LogP contribution in [0.1, 0.15) is 13.8 Å². The lowest BCUT2D eigenvalue weighted by molar-refractivity contribution is -0.140. The molecule has 0 aromatic carbocycles. The van der Waals surface area contributed by atoms with Crippen LogP contribution in [-0.4, -0.2) is 42.6 Å². The molecule has 70 valence electrons. The maximum Gasteiger partial charge on any atom is 0.239 e. The molecule has 1 aliphatic rings. The smallest absolute Gasteiger partial charge is 0.239 e. The molecule has 2 N–H and O–H groups in total. The first-order chi connectivity index (χ1) is 5.63. The average molecular weight is 172 g/mol. The largest absolute Gasteiger partial charge is 0.377 e. The Morgan fingerprint density at radius 1 is 1.75 bits per heavy atom. The van der Waals surface area contributed by atoms with Gasteiger partial charge in [-0.2, -0.15) is 0 Å². The highest BCUT2D eigenvalue weighted by Gasteiger charge is 2.25. The summed E-state index contributed by atoms with van der Waals surface area (Å²) in [5.74, 6) is 0.0193. The maximum absolute atomic E-state index is 11.5. The lowest BCUT2D eigenvalue weighted by atomic mass is 10.2. The van der Waals surface area contributed by atoms with Crippen LogP contribution in [0.15, 0.2) is 0 Å². The van der Waals surface area contributed by atoms with Crippen LogP contribution in [-0.2, 0) is 9.53 Å². The fraction of sp³-hybridized carbons (Fsp3) is 0.875. The Balaban J connectivity index is 2.53. The summed E-state index contributed by atoms with van der Waals surface area (Å²) in [5.41, 5.74) is 5.50. The maximum atomic E-state index is 11.5. The summed E-state index contributed by atoms with van der Waals surface area (Å²) in [5, 5.41) is 0. The molecule has 0 unspecified atom stereocenters. The number of carbonyl (C=O) groups is 1. The molecule has 2 atom stereocenters. The third kappa shape index (κ3) is 1.95. The van der Waals surface area contributed by atoms with Crippen LogP contribution in [0.5, 0.6) is 0 Å². The second kappa shape index (κ2) is 3.87. The number of hydrogen-bond donors (Lipinski definition) is 1. The molecule has 4 heteroatoms. The van der Waals surface area contributed by atoms with Gasteiger partial charge < -0.3 is 15.4 Å². The molecule has 0 aromatic heterocycles. The van der Waals surface area contributed by atoms with Gasteiger partial charge in [0, 0.05) is 6.54 Å². The highest BCUT2D eigenvalue weighted by atomic mass is 16.5. The van der Waals surface area contributed by atoms with E-state index < -0.39 is 6.04 Å². The summed E-state index contributed by atoms with van der Waals surface area (Å²) in [6.45, 7) is 5.60. The first kappa shape index (κ1) is 9.48. The van der Waals surface area contributed by atoms with Gasteiger partial charge in [-0.05, 0) is 13.8 Å². The number of amides is 1.